The Labute approximate surface area is 137 Å². The molecular formula is C15H17N3O2S2. The summed E-state index contributed by atoms with van der Waals surface area (Å²) in [7, 11) is 0. The van der Waals surface area contributed by atoms with Crippen molar-refractivity contribution in [3.63, 3.8) is 0 Å². The van der Waals surface area contributed by atoms with Crippen LogP contribution >= 0.6 is 23.1 Å². The lowest BCUT2D eigenvalue weighted by atomic mass is 10.1. The monoisotopic (exact) mass is 335 g/mol. The molecule has 7 heteroatoms. The van der Waals surface area contributed by atoms with Gasteiger partial charge in [-0.1, -0.05) is 42.1 Å². The van der Waals surface area contributed by atoms with E-state index in [1.807, 2.05) is 42.6 Å². The van der Waals surface area contributed by atoms with Crippen LogP contribution in [-0.2, 0) is 4.79 Å². The van der Waals surface area contributed by atoms with Crippen molar-refractivity contribution in [2.24, 2.45) is 0 Å². The Morgan fingerprint density at radius 3 is 2.64 bits per heavy atom. The van der Waals surface area contributed by atoms with Crippen LogP contribution in [0, 0.1) is 6.92 Å². The van der Waals surface area contributed by atoms with Crippen LogP contribution in [0.2, 0.25) is 0 Å². The molecule has 1 atom stereocenters. The minimum atomic E-state index is -0.519. The van der Waals surface area contributed by atoms with Crippen LogP contribution in [0.3, 0.4) is 0 Å². The summed E-state index contributed by atoms with van der Waals surface area (Å²) in [6.07, 6.45) is 0. The van der Waals surface area contributed by atoms with E-state index in [0.717, 1.165) is 15.6 Å². The number of urea groups is 1. The molecule has 5 nitrogen and oxygen atoms in total. The van der Waals surface area contributed by atoms with E-state index in [0.29, 0.717) is 6.54 Å². The minimum Gasteiger partial charge on any atom is -0.338 e. The maximum Gasteiger partial charge on any atom is 0.321 e. The molecule has 0 fully saturated rings. The molecule has 1 heterocycles. The highest BCUT2D eigenvalue weighted by Crippen LogP contribution is 2.36. The van der Waals surface area contributed by atoms with Gasteiger partial charge in [-0.15, -0.1) is 11.3 Å². The van der Waals surface area contributed by atoms with Gasteiger partial charge in [0.1, 0.15) is 5.25 Å². The van der Waals surface area contributed by atoms with Gasteiger partial charge in [-0.25, -0.2) is 9.78 Å². The zero-order chi connectivity index (χ0) is 15.9. The Hall–Kier alpha value is -1.86. The average molecular weight is 335 g/mol. The van der Waals surface area contributed by atoms with Gasteiger partial charge in [-0.05, 0) is 19.4 Å². The second-order valence-corrected chi connectivity index (χ2v) is 6.72. The highest BCUT2D eigenvalue weighted by Gasteiger charge is 2.24. The third kappa shape index (κ3) is 4.57. The normalized spacial score (nSPS) is 11.7. The van der Waals surface area contributed by atoms with Crippen LogP contribution in [-0.4, -0.2) is 23.5 Å². The lowest BCUT2D eigenvalue weighted by Crippen LogP contribution is -2.41. The summed E-state index contributed by atoms with van der Waals surface area (Å²) in [5.41, 5.74) is 1.76. The second kappa shape index (κ2) is 7.95. The first-order valence-corrected chi connectivity index (χ1v) is 8.58. The average Bonchev–Trinajstić information content (AvgIpc) is 2.91. The highest BCUT2D eigenvalue weighted by molar-refractivity contribution is 8.01. The van der Waals surface area contributed by atoms with Gasteiger partial charge < -0.3 is 5.32 Å². The number of imide groups is 1. The smallest absolute Gasteiger partial charge is 0.321 e. The number of aromatic nitrogens is 1. The van der Waals surface area contributed by atoms with Crippen molar-refractivity contribution in [3.05, 3.63) is 47.0 Å². The number of carbonyl (C=O) groups excluding carboxylic acids is 2. The standard InChI is InChI=1S/C15H17N3O2S2/c1-3-16-14(20)18-13(19)12(11-7-5-4-6-8-11)22-15-17-10(2)9-21-15/h4-9,12H,3H2,1-2H3,(H2,16,18,19,20)/t12-/m0/s1. The molecule has 0 aliphatic carbocycles. The third-order valence-corrected chi connectivity index (χ3v) is 5.08. The molecule has 2 aromatic rings. The number of hydrogen-bond donors (Lipinski definition) is 2. The number of hydrogen-bond acceptors (Lipinski definition) is 5. The van der Waals surface area contributed by atoms with Crippen LogP contribution in [0.4, 0.5) is 4.79 Å². The summed E-state index contributed by atoms with van der Waals surface area (Å²) in [6, 6.07) is 8.89. The molecular weight excluding hydrogens is 318 g/mol. The molecule has 2 N–H and O–H groups in total. The van der Waals surface area contributed by atoms with Crippen molar-refractivity contribution in [1.29, 1.82) is 0 Å². The van der Waals surface area contributed by atoms with Gasteiger partial charge in [0.05, 0.1) is 0 Å². The van der Waals surface area contributed by atoms with Gasteiger partial charge >= 0.3 is 6.03 Å². The fourth-order valence-electron chi connectivity index (χ4n) is 1.77. The molecule has 1 aromatic heterocycles. The first-order valence-electron chi connectivity index (χ1n) is 6.82. The topological polar surface area (TPSA) is 71.1 Å². The number of benzene rings is 1. The molecule has 22 heavy (non-hydrogen) atoms. The van der Waals surface area contributed by atoms with E-state index in [1.165, 1.54) is 23.1 Å². The van der Waals surface area contributed by atoms with Crippen molar-refractivity contribution < 1.29 is 9.59 Å². The van der Waals surface area contributed by atoms with Gasteiger partial charge in [-0.2, -0.15) is 0 Å². The fourth-order valence-corrected chi connectivity index (χ4v) is 3.80. The van der Waals surface area contributed by atoms with Crippen molar-refractivity contribution in [2.75, 3.05) is 6.54 Å². The Morgan fingerprint density at radius 1 is 1.32 bits per heavy atom. The van der Waals surface area contributed by atoms with Gasteiger partial charge in [0, 0.05) is 17.6 Å². The van der Waals surface area contributed by atoms with Gasteiger partial charge in [0.2, 0.25) is 5.91 Å². The number of thioether (sulfide) groups is 1. The lowest BCUT2D eigenvalue weighted by molar-refractivity contribution is -0.119. The Bertz CT molecular complexity index is 643. The van der Waals surface area contributed by atoms with Crippen LogP contribution in [0.25, 0.3) is 0 Å². The summed E-state index contributed by atoms with van der Waals surface area (Å²) < 4.78 is 0.803. The molecule has 0 aliphatic heterocycles. The van der Waals surface area contributed by atoms with E-state index in [1.54, 1.807) is 6.92 Å². The molecule has 0 saturated carbocycles. The molecule has 3 amide bonds. The predicted octanol–water partition coefficient (Wildman–Crippen LogP) is 3.13. The summed E-state index contributed by atoms with van der Waals surface area (Å²) in [5, 5.41) is 6.35. The molecule has 0 saturated heterocycles. The van der Waals surface area contributed by atoms with E-state index >= 15 is 0 Å². The number of nitrogens with zero attached hydrogens (tertiary/aromatic N) is 1. The Kier molecular flexibility index (Phi) is 5.97. The van der Waals surface area contributed by atoms with Crippen molar-refractivity contribution in [3.8, 4) is 0 Å². The maximum absolute atomic E-state index is 12.4. The molecule has 2 rings (SSSR count). The minimum absolute atomic E-state index is 0.352. The number of thiazole rings is 1. The number of rotatable bonds is 5. The number of carbonyl (C=O) groups is 2. The van der Waals surface area contributed by atoms with Crippen LogP contribution in [0.5, 0.6) is 0 Å². The van der Waals surface area contributed by atoms with Gasteiger partial charge in [0.15, 0.2) is 4.34 Å². The highest BCUT2D eigenvalue weighted by atomic mass is 32.2. The van der Waals surface area contributed by atoms with E-state index in [9.17, 15) is 9.59 Å². The Balaban J connectivity index is 2.18. The zero-order valence-electron chi connectivity index (χ0n) is 12.3. The molecule has 1 aromatic carbocycles. The first kappa shape index (κ1) is 16.5. The second-order valence-electron chi connectivity index (χ2n) is 4.51. The molecule has 0 aliphatic rings. The summed E-state index contributed by atoms with van der Waals surface area (Å²) in [5.74, 6) is -0.352. The summed E-state index contributed by atoms with van der Waals surface area (Å²) in [6.45, 7) is 4.17. The number of nitrogens with one attached hydrogen (secondary N) is 2. The third-order valence-electron chi connectivity index (χ3n) is 2.73. The summed E-state index contributed by atoms with van der Waals surface area (Å²) in [4.78, 5) is 28.4. The number of aryl methyl sites for hydroxylation is 1. The zero-order valence-corrected chi connectivity index (χ0v) is 14.0. The summed E-state index contributed by atoms with van der Waals surface area (Å²) >= 11 is 2.84. The van der Waals surface area contributed by atoms with E-state index in [2.05, 4.69) is 15.6 Å². The maximum atomic E-state index is 12.4. The van der Waals surface area contributed by atoms with E-state index < -0.39 is 11.3 Å². The quantitative estimate of drug-likeness (QED) is 0.824. The largest absolute Gasteiger partial charge is 0.338 e. The lowest BCUT2D eigenvalue weighted by Gasteiger charge is -2.15. The first-order chi connectivity index (χ1) is 10.6. The molecule has 0 spiro atoms. The predicted molar refractivity (Wildman–Crippen MR) is 89.1 cm³/mol. The van der Waals surface area contributed by atoms with Crippen molar-refractivity contribution in [2.45, 2.75) is 23.4 Å². The molecule has 116 valence electrons. The van der Waals surface area contributed by atoms with Crippen LogP contribution in [0.15, 0.2) is 40.1 Å². The SMILES string of the molecule is CCNC(=O)NC(=O)[C@@H](Sc1nc(C)cs1)c1ccccc1. The molecule has 0 unspecified atom stereocenters. The van der Waals surface area contributed by atoms with Crippen molar-refractivity contribution in [1.82, 2.24) is 15.6 Å². The molecule has 0 radical (unpaired) electrons. The van der Waals surface area contributed by atoms with Crippen LogP contribution in [0.1, 0.15) is 23.4 Å². The fraction of sp³-hybridized carbons (Fsp3) is 0.267. The van der Waals surface area contributed by atoms with E-state index in [4.69, 9.17) is 0 Å². The van der Waals surface area contributed by atoms with Gasteiger partial charge in [-0.3, -0.25) is 10.1 Å². The molecule has 0 bridgehead atoms. The van der Waals surface area contributed by atoms with Crippen LogP contribution < -0.4 is 10.6 Å². The van der Waals surface area contributed by atoms with Crippen molar-refractivity contribution >= 4 is 35.0 Å². The van der Waals surface area contributed by atoms with E-state index in [-0.39, 0.29) is 5.91 Å². The number of amides is 3. The van der Waals surface area contributed by atoms with Gasteiger partial charge in [0.25, 0.3) is 0 Å². The Morgan fingerprint density at radius 2 is 2.05 bits per heavy atom.